The summed E-state index contributed by atoms with van der Waals surface area (Å²) in [6.07, 6.45) is 0.244. The number of carboxylic acid groups (broad SMARTS) is 1. The van der Waals surface area contributed by atoms with E-state index in [2.05, 4.69) is 10.2 Å². The van der Waals surface area contributed by atoms with Gasteiger partial charge in [0.25, 0.3) is 0 Å². The molecule has 0 amide bonds. The Morgan fingerprint density at radius 3 is 3.17 bits per heavy atom. The zero-order valence-electron chi connectivity index (χ0n) is 7.36. The van der Waals surface area contributed by atoms with Crippen LogP contribution >= 0.6 is 0 Å². The Balaban J connectivity index is 2.35. The Labute approximate surface area is 72.6 Å². The summed E-state index contributed by atoms with van der Waals surface area (Å²) in [6.45, 7) is 3.36. The molecule has 69 valence electrons. The zero-order chi connectivity index (χ0) is 8.97. The quantitative estimate of drug-likeness (QED) is 0.616. The maximum absolute atomic E-state index is 10.4. The van der Waals surface area contributed by atoms with Crippen molar-refractivity contribution in [3.8, 4) is 0 Å². The first-order chi connectivity index (χ1) is 5.68. The van der Waals surface area contributed by atoms with Crippen LogP contribution in [0.4, 0.5) is 0 Å². The molecule has 1 radical (unpaired) electrons. The van der Waals surface area contributed by atoms with Crippen LogP contribution in [0.25, 0.3) is 0 Å². The van der Waals surface area contributed by atoms with Gasteiger partial charge in [0.2, 0.25) is 0 Å². The number of likely N-dealkylation sites (N-methyl/N-ethyl adjacent to an activating group) is 1. The molecule has 12 heavy (non-hydrogen) atoms. The minimum absolute atomic E-state index is 0.204. The molecule has 1 atom stereocenters. The fraction of sp³-hybridized carbons (Fsp3) is 0.875. The summed E-state index contributed by atoms with van der Waals surface area (Å²) in [4.78, 5) is 12.6. The van der Waals surface area contributed by atoms with Crippen molar-refractivity contribution in [2.45, 2.75) is 6.42 Å². The van der Waals surface area contributed by atoms with E-state index in [0.717, 1.165) is 19.6 Å². The number of nitrogens with zero attached hydrogens (tertiary/aromatic N) is 2. The van der Waals surface area contributed by atoms with Crippen molar-refractivity contribution >= 4 is 5.97 Å². The predicted molar refractivity (Wildman–Crippen MR) is 45.1 cm³/mol. The second-order valence-corrected chi connectivity index (χ2v) is 3.36. The minimum atomic E-state index is -0.717. The van der Waals surface area contributed by atoms with E-state index < -0.39 is 5.97 Å². The van der Waals surface area contributed by atoms with Crippen molar-refractivity contribution in [1.29, 1.82) is 0 Å². The smallest absolute Gasteiger partial charge is 0.303 e. The topological polar surface area (TPSA) is 54.6 Å². The summed E-state index contributed by atoms with van der Waals surface area (Å²) < 4.78 is 0. The van der Waals surface area contributed by atoms with Crippen molar-refractivity contribution in [2.24, 2.45) is 5.92 Å². The summed E-state index contributed by atoms with van der Waals surface area (Å²) in [5.41, 5.74) is 0. The average Bonchev–Trinajstić information content (AvgIpc) is 2.12. The van der Waals surface area contributed by atoms with E-state index in [1.165, 1.54) is 0 Å². The lowest BCUT2D eigenvalue weighted by Crippen LogP contribution is -2.27. The maximum Gasteiger partial charge on any atom is 0.303 e. The van der Waals surface area contributed by atoms with Crippen LogP contribution in [-0.4, -0.2) is 49.2 Å². The van der Waals surface area contributed by atoms with Gasteiger partial charge >= 0.3 is 5.97 Å². The summed E-state index contributed by atoms with van der Waals surface area (Å²) in [6, 6.07) is 0. The molecule has 1 N–H and O–H groups in total. The summed E-state index contributed by atoms with van der Waals surface area (Å²) >= 11 is 0. The highest BCUT2D eigenvalue weighted by atomic mass is 16.4. The molecule has 0 aromatic carbocycles. The Morgan fingerprint density at radius 1 is 1.75 bits per heavy atom. The van der Waals surface area contributed by atoms with Gasteiger partial charge in [-0.05, 0) is 13.0 Å². The highest BCUT2D eigenvalue weighted by Crippen LogP contribution is 2.06. The number of hydrogen-bond donors (Lipinski definition) is 1. The van der Waals surface area contributed by atoms with Gasteiger partial charge in [0.1, 0.15) is 0 Å². The van der Waals surface area contributed by atoms with Crippen molar-refractivity contribution < 1.29 is 9.90 Å². The van der Waals surface area contributed by atoms with Gasteiger partial charge < -0.3 is 10.0 Å². The third-order valence-corrected chi connectivity index (χ3v) is 2.06. The molecule has 1 saturated heterocycles. The van der Waals surface area contributed by atoms with Gasteiger partial charge in [-0.3, -0.25) is 4.79 Å². The Kier molecular flexibility index (Phi) is 3.49. The molecule has 1 fully saturated rings. The van der Waals surface area contributed by atoms with Crippen molar-refractivity contribution in [1.82, 2.24) is 10.2 Å². The zero-order valence-corrected chi connectivity index (χ0v) is 7.36. The van der Waals surface area contributed by atoms with E-state index in [-0.39, 0.29) is 12.3 Å². The number of carbonyl (C=O) groups is 1. The Bertz CT molecular complexity index is 161. The SMILES string of the molecule is CN1CC[N]CC(CC(=O)O)C1. The van der Waals surface area contributed by atoms with Crippen molar-refractivity contribution in [2.75, 3.05) is 33.2 Å². The van der Waals surface area contributed by atoms with Crippen LogP contribution in [0, 0.1) is 5.92 Å². The Hall–Kier alpha value is -0.610. The second-order valence-electron chi connectivity index (χ2n) is 3.36. The third kappa shape index (κ3) is 3.19. The highest BCUT2D eigenvalue weighted by molar-refractivity contribution is 5.67. The van der Waals surface area contributed by atoms with Crippen molar-refractivity contribution in [3.05, 3.63) is 0 Å². The molecule has 1 aliphatic heterocycles. The van der Waals surface area contributed by atoms with Gasteiger partial charge in [-0.2, -0.15) is 0 Å². The molecule has 4 heteroatoms. The van der Waals surface area contributed by atoms with E-state index in [4.69, 9.17) is 5.11 Å². The van der Waals surface area contributed by atoms with Gasteiger partial charge in [0.05, 0.1) is 6.42 Å². The van der Waals surface area contributed by atoms with Gasteiger partial charge in [0.15, 0.2) is 0 Å². The second kappa shape index (κ2) is 4.42. The van der Waals surface area contributed by atoms with Crippen LogP contribution in [0.1, 0.15) is 6.42 Å². The first kappa shape index (κ1) is 9.48. The van der Waals surface area contributed by atoms with Gasteiger partial charge in [0, 0.05) is 26.2 Å². The molecule has 1 heterocycles. The first-order valence-corrected chi connectivity index (χ1v) is 4.22. The molecule has 0 bridgehead atoms. The monoisotopic (exact) mass is 171 g/mol. The molecule has 1 unspecified atom stereocenters. The lowest BCUT2D eigenvalue weighted by molar-refractivity contribution is -0.138. The molecule has 4 nitrogen and oxygen atoms in total. The molecule has 0 aromatic heterocycles. The number of aliphatic carboxylic acids is 1. The van der Waals surface area contributed by atoms with E-state index in [9.17, 15) is 4.79 Å². The molecule has 0 aromatic rings. The largest absolute Gasteiger partial charge is 0.481 e. The van der Waals surface area contributed by atoms with Crippen LogP contribution < -0.4 is 5.32 Å². The van der Waals surface area contributed by atoms with Crippen LogP contribution in [0.15, 0.2) is 0 Å². The van der Waals surface area contributed by atoms with Crippen molar-refractivity contribution in [3.63, 3.8) is 0 Å². The lowest BCUT2D eigenvalue weighted by atomic mass is 10.1. The van der Waals surface area contributed by atoms with E-state index >= 15 is 0 Å². The molecule has 0 aliphatic carbocycles. The lowest BCUT2D eigenvalue weighted by Gasteiger charge is -2.16. The maximum atomic E-state index is 10.4. The summed E-state index contributed by atoms with van der Waals surface area (Å²) in [5, 5.41) is 12.8. The minimum Gasteiger partial charge on any atom is -0.481 e. The number of rotatable bonds is 2. The van der Waals surface area contributed by atoms with E-state index in [0.29, 0.717) is 6.54 Å². The van der Waals surface area contributed by atoms with E-state index in [1.807, 2.05) is 7.05 Å². The molecular formula is C8H15N2O2. The van der Waals surface area contributed by atoms with Gasteiger partial charge in [-0.15, -0.1) is 0 Å². The third-order valence-electron chi connectivity index (χ3n) is 2.06. The normalized spacial score (nSPS) is 26.6. The molecule has 0 spiro atoms. The fourth-order valence-electron chi connectivity index (χ4n) is 1.48. The first-order valence-electron chi connectivity index (χ1n) is 4.22. The van der Waals surface area contributed by atoms with Crippen LogP contribution in [-0.2, 0) is 4.79 Å². The molecule has 1 rings (SSSR count). The number of carboxylic acids is 1. The van der Waals surface area contributed by atoms with Gasteiger partial charge in [-0.25, -0.2) is 5.32 Å². The van der Waals surface area contributed by atoms with Crippen LogP contribution in [0.5, 0.6) is 0 Å². The molecule has 1 aliphatic rings. The average molecular weight is 171 g/mol. The fourth-order valence-corrected chi connectivity index (χ4v) is 1.48. The van der Waals surface area contributed by atoms with Gasteiger partial charge in [-0.1, -0.05) is 0 Å². The summed E-state index contributed by atoms with van der Waals surface area (Å²) in [7, 11) is 2.01. The molecular weight excluding hydrogens is 156 g/mol. The van der Waals surface area contributed by atoms with Crippen LogP contribution in [0.2, 0.25) is 0 Å². The summed E-state index contributed by atoms with van der Waals surface area (Å²) in [5.74, 6) is -0.513. The number of hydrogen-bond acceptors (Lipinski definition) is 2. The van der Waals surface area contributed by atoms with E-state index in [1.54, 1.807) is 0 Å². The molecule has 0 saturated carbocycles. The predicted octanol–water partition coefficient (Wildman–Crippen LogP) is -0.373. The Morgan fingerprint density at radius 2 is 2.50 bits per heavy atom. The standard InChI is InChI=1S/C8H15N2O2/c1-10-3-2-9-5-7(6-10)4-8(11)12/h7H,2-6H2,1H3,(H,11,12). The highest BCUT2D eigenvalue weighted by Gasteiger charge is 2.18. The van der Waals surface area contributed by atoms with Crippen LogP contribution in [0.3, 0.4) is 0 Å².